The van der Waals surface area contributed by atoms with Crippen LogP contribution < -0.4 is 31.6 Å². The van der Waals surface area contributed by atoms with Crippen LogP contribution >= 0.6 is 0 Å². The number of nitrogens with one attached hydrogen (secondary N) is 4. The molecule has 0 unspecified atom stereocenters. The quantitative estimate of drug-likeness (QED) is 0.0497. The van der Waals surface area contributed by atoms with E-state index in [4.69, 9.17) is 84.9 Å². The minimum absolute atomic E-state index is 0.0126. The fourth-order valence-electron chi connectivity index (χ4n) is 11.1. The minimum atomic E-state index is -2.08. The number of amides is 4. The van der Waals surface area contributed by atoms with Gasteiger partial charge >= 0.3 is 59.3 Å². The van der Waals surface area contributed by atoms with Gasteiger partial charge in [0.05, 0.1) is 0 Å². The number of ether oxygens (including phenoxy) is 17. The lowest BCUT2D eigenvalue weighted by molar-refractivity contribution is -0.362. The molecule has 4 aliphatic rings. The van der Waals surface area contributed by atoms with E-state index >= 15 is 0 Å². The molecule has 20 atom stereocenters. The first-order valence-electron chi connectivity index (χ1n) is 29.9. The number of carbonyl (C=O) groups excluding carboxylic acids is 13. The number of carbonyl (C=O) groups is 13. The second-order valence-electron chi connectivity index (χ2n) is 22.5. The van der Waals surface area contributed by atoms with Crippen LogP contribution in [0.1, 0.15) is 95.6 Å². The molecule has 1 aromatic heterocycles. The molecule has 0 saturated carbocycles. The molecular weight excluding hydrogens is 1290 g/mol. The standard InChI is InChI=1S/C60H78N4O32/c1-23-17-44(78)89-39-18-37(15-16-38(23)39)88-57-45(61-24(2)65)54(85-34(12)75)50(41(90-57)20-80-29(7)70)94-59-47(63-26(4)67)56(87-36(14)77)52(43(92-59)22-82-31(9)72)96-60-48(64-27(5)68)55(86-35(13)76)51(42(93-60)21-81-30(8)71)95-58-46(62-25(3)66)53(84-33(11)74)49(83-32(10)73)40(91-58)19-79-28(6)69/h15-18,40-43,45-60H,19-22H2,1-14H3,(H,61,65)(H,62,66)(H,63,67)(H,64,68)/t40-,41-,42-,43-,45-,46-,47-,48-,49-,50-,51-,52-,53-,54-,55-,56-,57-,58+,59+,60+/m1/s1. The van der Waals surface area contributed by atoms with E-state index in [1.165, 1.54) is 18.2 Å². The third-order valence-electron chi connectivity index (χ3n) is 14.4. The molecule has 4 amide bonds. The summed E-state index contributed by atoms with van der Waals surface area (Å²) >= 11 is 0. The summed E-state index contributed by atoms with van der Waals surface area (Å²) in [5, 5.41) is 10.9. The van der Waals surface area contributed by atoms with Crippen LogP contribution in [-0.2, 0) is 138 Å². The van der Waals surface area contributed by atoms with Crippen molar-refractivity contribution >= 4 is 88.3 Å². The molecule has 0 radical (unpaired) electrons. The van der Waals surface area contributed by atoms with Gasteiger partial charge in [0, 0.05) is 108 Å². The van der Waals surface area contributed by atoms with Gasteiger partial charge in [0.1, 0.15) is 105 Å². The fourth-order valence-corrected chi connectivity index (χ4v) is 11.1. The molecule has 4 fully saturated rings. The molecule has 6 rings (SSSR count). The number of esters is 9. The van der Waals surface area contributed by atoms with E-state index in [2.05, 4.69) is 21.3 Å². The minimum Gasteiger partial charge on any atom is -0.463 e. The predicted octanol–water partition coefficient (Wildman–Crippen LogP) is -1.53. The van der Waals surface area contributed by atoms with Crippen LogP contribution in [0.3, 0.4) is 0 Å². The summed E-state index contributed by atoms with van der Waals surface area (Å²) < 4.78 is 108. The molecule has 530 valence electrons. The van der Waals surface area contributed by atoms with Crippen LogP contribution in [0.2, 0.25) is 0 Å². The molecule has 4 aliphatic heterocycles. The van der Waals surface area contributed by atoms with Crippen LogP contribution in [0.25, 0.3) is 11.0 Å². The van der Waals surface area contributed by atoms with E-state index in [0.29, 0.717) is 10.9 Å². The zero-order valence-corrected chi connectivity index (χ0v) is 54.7. The number of hydrogen-bond donors (Lipinski definition) is 4. The van der Waals surface area contributed by atoms with Crippen molar-refractivity contribution in [3.05, 3.63) is 40.2 Å². The van der Waals surface area contributed by atoms with Gasteiger partial charge in [-0.25, -0.2) is 4.79 Å². The number of hydrogen-bond acceptors (Lipinski definition) is 32. The molecule has 4 saturated heterocycles. The number of benzene rings is 1. The van der Waals surface area contributed by atoms with Crippen molar-refractivity contribution in [1.82, 2.24) is 21.3 Å². The van der Waals surface area contributed by atoms with E-state index in [1.54, 1.807) is 13.0 Å². The van der Waals surface area contributed by atoms with Gasteiger partial charge in [-0.2, -0.15) is 0 Å². The molecule has 4 N–H and O–H groups in total. The van der Waals surface area contributed by atoms with Gasteiger partial charge < -0.3 is 106 Å². The van der Waals surface area contributed by atoms with Gasteiger partial charge in [0.2, 0.25) is 29.9 Å². The predicted molar refractivity (Wildman–Crippen MR) is 312 cm³/mol. The first kappa shape index (κ1) is 76.1. The molecular formula is C60H78N4O32. The third kappa shape index (κ3) is 21.3. The van der Waals surface area contributed by atoms with Crippen molar-refractivity contribution < 1.29 is 147 Å². The summed E-state index contributed by atoms with van der Waals surface area (Å²) in [4.78, 5) is 182. The highest BCUT2D eigenvalue weighted by atomic mass is 16.8. The van der Waals surface area contributed by atoms with Crippen molar-refractivity contribution in [2.24, 2.45) is 0 Å². The Kier molecular flexibility index (Phi) is 27.1. The van der Waals surface area contributed by atoms with Gasteiger partial charge in [0.25, 0.3) is 0 Å². The first-order chi connectivity index (χ1) is 45.1. The SMILES string of the molecule is CC(=O)N[C@H]1[C@H](O[C@H]2[C@H](OC(C)=O)[C@@H](NC(C)=O)[C@H](O[C@H]3[C@H](OC(C)=O)[C@@H](NC(C)=O)[C@H](O[C@H]4[C@H](OC(C)=O)[C@@H](NC(C)=O)[C@H](Oc5ccc6c(C)cc(=O)oc6c5)O[C@@H]4COC(C)=O)O[C@@H]3COC(C)=O)O[C@@H]2COC(C)=O)O[C@H](COC(C)=O)[C@@H](OC(C)=O)[C@@H]1OC(C)=O. The number of aryl methyl sites for hydroxylation is 1. The highest BCUT2D eigenvalue weighted by molar-refractivity contribution is 5.81. The molecule has 36 nitrogen and oxygen atoms in total. The van der Waals surface area contributed by atoms with E-state index in [-0.39, 0.29) is 11.3 Å². The van der Waals surface area contributed by atoms with Crippen molar-refractivity contribution in [1.29, 1.82) is 0 Å². The summed E-state index contributed by atoms with van der Waals surface area (Å²) in [5.74, 6) is -12.0. The molecule has 0 spiro atoms. The maximum atomic E-state index is 13.5. The lowest BCUT2D eigenvalue weighted by atomic mass is 9.92. The molecule has 36 heteroatoms. The normalized spacial score (nSPS) is 30.1. The van der Waals surface area contributed by atoms with Crippen LogP contribution in [0.4, 0.5) is 0 Å². The largest absolute Gasteiger partial charge is 0.463 e. The Morgan fingerprint density at radius 1 is 0.365 bits per heavy atom. The van der Waals surface area contributed by atoms with E-state index < -0.39 is 232 Å². The maximum absolute atomic E-state index is 13.5. The zero-order chi connectivity index (χ0) is 71.2. The topological polar surface area (TPSA) is 457 Å². The number of fused-ring (bicyclic) bond motifs is 1. The van der Waals surface area contributed by atoms with E-state index in [0.717, 1.165) is 90.0 Å². The maximum Gasteiger partial charge on any atom is 0.336 e. The second kappa shape index (κ2) is 34.1. The Morgan fingerprint density at radius 2 is 0.646 bits per heavy atom. The summed E-state index contributed by atoms with van der Waals surface area (Å²) in [6.07, 6.45) is -29.1. The Morgan fingerprint density at radius 3 is 0.948 bits per heavy atom. The van der Waals surface area contributed by atoms with Gasteiger partial charge in [-0.05, 0) is 24.6 Å². The first-order valence-corrected chi connectivity index (χ1v) is 29.9. The molecule has 5 heterocycles. The Bertz CT molecular complexity index is 3280. The van der Waals surface area contributed by atoms with Crippen molar-refractivity contribution in [3.63, 3.8) is 0 Å². The Labute approximate surface area is 547 Å². The molecule has 96 heavy (non-hydrogen) atoms. The van der Waals surface area contributed by atoms with Crippen LogP contribution in [0, 0.1) is 6.92 Å². The van der Waals surface area contributed by atoms with Gasteiger partial charge in [-0.15, -0.1) is 0 Å². The van der Waals surface area contributed by atoms with Gasteiger partial charge in [-0.1, -0.05) is 0 Å². The lowest BCUT2D eigenvalue weighted by Gasteiger charge is -2.52. The van der Waals surface area contributed by atoms with E-state index in [9.17, 15) is 67.1 Å². The fraction of sp³-hybridized carbons (Fsp3) is 0.633. The smallest absolute Gasteiger partial charge is 0.336 e. The lowest BCUT2D eigenvalue weighted by Crippen LogP contribution is -2.73. The third-order valence-corrected chi connectivity index (χ3v) is 14.4. The van der Waals surface area contributed by atoms with Crippen molar-refractivity contribution in [2.45, 2.75) is 220 Å². The second-order valence-corrected chi connectivity index (χ2v) is 22.5. The molecule has 0 bridgehead atoms. The van der Waals surface area contributed by atoms with Crippen molar-refractivity contribution in [3.8, 4) is 5.75 Å². The average molecular weight is 1370 g/mol. The molecule has 2 aromatic rings. The molecule has 0 aliphatic carbocycles. The Hall–Kier alpha value is -8.94. The van der Waals surface area contributed by atoms with Gasteiger partial charge in [-0.3, -0.25) is 62.3 Å². The van der Waals surface area contributed by atoms with Crippen molar-refractivity contribution in [2.75, 3.05) is 26.4 Å². The Balaban J connectivity index is 1.50. The van der Waals surface area contributed by atoms with Gasteiger partial charge in [0.15, 0.2) is 49.4 Å². The highest BCUT2D eigenvalue weighted by Gasteiger charge is 2.60. The summed E-state index contributed by atoms with van der Waals surface area (Å²) in [6.45, 7) is 11.7. The van der Waals surface area contributed by atoms with Crippen LogP contribution in [0.5, 0.6) is 5.75 Å². The summed E-state index contributed by atoms with van der Waals surface area (Å²) in [7, 11) is 0. The highest BCUT2D eigenvalue weighted by Crippen LogP contribution is 2.39. The van der Waals surface area contributed by atoms with Crippen LogP contribution in [0.15, 0.2) is 33.5 Å². The molecule has 1 aromatic carbocycles. The van der Waals surface area contributed by atoms with Crippen LogP contribution in [-0.4, -0.2) is 226 Å². The summed E-state index contributed by atoms with van der Waals surface area (Å²) in [5.41, 5.74) is -0.0381. The average Bonchev–Trinajstić information content (AvgIpc) is 0.763. The summed E-state index contributed by atoms with van der Waals surface area (Å²) in [6, 6.07) is -1.28. The van der Waals surface area contributed by atoms with E-state index in [1.807, 2.05) is 0 Å². The zero-order valence-electron chi connectivity index (χ0n) is 54.7. The number of rotatable bonds is 25. The monoisotopic (exact) mass is 1370 g/mol.